The molecule has 1 rings (SSSR count). The molecular weight excluding hydrogens is 174 g/mol. The predicted molar refractivity (Wildman–Crippen MR) is 42.5 cm³/mol. The second kappa shape index (κ2) is 3.65. The van der Waals surface area contributed by atoms with E-state index in [2.05, 4.69) is 20.5 Å². The van der Waals surface area contributed by atoms with Crippen molar-refractivity contribution in [3.8, 4) is 0 Å². The number of primary amides is 1. The summed E-state index contributed by atoms with van der Waals surface area (Å²) < 4.78 is 0. The molecule has 0 spiro atoms. The number of aromatic amines is 1. The molecular formula is C6H9N5O2. The Bertz CT molecular complexity index is 307. The van der Waals surface area contributed by atoms with Crippen molar-refractivity contribution in [1.29, 1.82) is 0 Å². The number of hydrogen-bond acceptors (Lipinski definition) is 4. The van der Waals surface area contributed by atoms with Crippen LogP contribution in [0.25, 0.3) is 0 Å². The van der Waals surface area contributed by atoms with Crippen LogP contribution >= 0.6 is 0 Å². The maximum Gasteiger partial charge on any atom is 0.289 e. The highest BCUT2D eigenvalue weighted by atomic mass is 16.2. The van der Waals surface area contributed by atoms with Gasteiger partial charge >= 0.3 is 0 Å². The minimum atomic E-state index is -0.724. The Morgan fingerprint density at radius 3 is 2.85 bits per heavy atom. The number of hydrogen-bond donors (Lipinski definition) is 3. The topological polar surface area (TPSA) is 114 Å². The average Bonchev–Trinajstić information content (AvgIpc) is 2.55. The molecule has 2 amide bonds. The van der Waals surface area contributed by atoms with Crippen LogP contribution in [0.2, 0.25) is 0 Å². The molecule has 13 heavy (non-hydrogen) atoms. The summed E-state index contributed by atoms with van der Waals surface area (Å²) in [7, 11) is 0. The molecule has 0 fully saturated rings. The molecule has 0 saturated carbocycles. The number of H-pyrrole nitrogens is 1. The Labute approximate surface area is 73.7 Å². The van der Waals surface area contributed by atoms with E-state index in [1.54, 1.807) is 0 Å². The van der Waals surface area contributed by atoms with Crippen molar-refractivity contribution >= 4 is 11.8 Å². The number of nitrogens with two attached hydrogens (primary N) is 1. The number of rotatable bonds is 3. The third-order valence-electron chi connectivity index (χ3n) is 1.40. The normalized spacial score (nSPS) is 12.1. The van der Waals surface area contributed by atoms with E-state index in [-0.39, 0.29) is 5.82 Å². The number of amides is 2. The Kier molecular flexibility index (Phi) is 2.58. The van der Waals surface area contributed by atoms with Crippen LogP contribution < -0.4 is 11.1 Å². The van der Waals surface area contributed by atoms with Gasteiger partial charge in [0.1, 0.15) is 12.4 Å². The first-order valence-corrected chi connectivity index (χ1v) is 3.57. The third kappa shape index (κ3) is 2.26. The second-order valence-corrected chi connectivity index (χ2v) is 2.43. The number of nitrogens with zero attached hydrogens (tertiary/aromatic N) is 2. The molecule has 0 bridgehead atoms. The molecule has 1 heterocycles. The van der Waals surface area contributed by atoms with Gasteiger partial charge in [-0.15, -0.1) is 0 Å². The van der Waals surface area contributed by atoms with Crippen molar-refractivity contribution in [2.45, 2.75) is 13.0 Å². The van der Waals surface area contributed by atoms with Crippen LogP contribution in [-0.4, -0.2) is 33.0 Å². The molecule has 4 N–H and O–H groups in total. The lowest BCUT2D eigenvalue weighted by molar-refractivity contribution is -0.119. The van der Waals surface area contributed by atoms with E-state index in [1.165, 1.54) is 13.3 Å². The Hall–Kier alpha value is -1.92. The Balaban J connectivity index is 2.56. The van der Waals surface area contributed by atoms with Gasteiger partial charge in [0, 0.05) is 0 Å². The molecule has 0 aliphatic heterocycles. The summed E-state index contributed by atoms with van der Waals surface area (Å²) in [4.78, 5) is 25.3. The monoisotopic (exact) mass is 183 g/mol. The molecule has 0 radical (unpaired) electrons. The summed E-state index contributed by atoms with van der Waals surface area (Å²) in [5, 5.41) is 8.17. The number of nitrogens with one attached hydrogen (secondary N) is 2. The molecule has 0 aromatic carbocycles. The van der Waals surface area contributed by atoms with Gasteiger partial charge in [-0.25, -0.2) is 4.98 Å². The van der Waals surface area contributed by atoms with E-state index < -0.39 is 17.9 Å². The summed E-state index contributed by atoms with van der Waals surface area (Å²) in [5.41, 5.74) is 4.94. The van der Waals surface area contributed by atoms with Crippen LogP contribution in [-0.2, 0) is 4.79 Å². The van der Waals surface area contributed by atoms with Crippen molar-refractivity contribution < 1.29 is 9.59 Å². The van der Waals surface area contributed by atoms with Crippen molar-refractivity contribution in [3.63, 3.8) is 0 Å². The molecule has 1 aromatic rings. The summed E-state index contributed by atoms with van der Waals surface area (Å²) in [6.07, 6.45) is 1.20. The van der Waals surface area contributed by atoms with Crippen LogP contribution in [0.4, 0.5) is 0 Å². The third-order valence-corrected chi connectivity index (χ3v) is 1.40. The fourth-order valence-electron chi connectivity index (χ4n) is 0.651. The van der Waals surface area contributed by atoms with E-state index >= 15 is 0 Å². The van der Waals surface area contributed by atoms with E-state index in [4.69, 9.17) is 5.73 Å². The first-order chi connectivity index (χ1) is 6.11. The summed E-state index contributed by atoms with van der Waals surface area (Å²) in [6, 6.07) is -0.724. The molecule has 70 valence electrons. The predicted octanol–water partition coefficient (Wildman–Crippen LogP) is -1.59. The first-order valence-electron chi connectivity index (χ1n) is 3.57. The Morgan fingerprint density at radius 1 is 1.69 bits per heavy atom. The van der Waals surface area contributed by atoms with Gasteiger partial charge < -0.3 is 11.1 Å². The van der Waals surface area contributed by atoms with Crippen LogP contribution in [0.1, 0.15) is 17.5 Å². The minimum Gasteiger partial charge on any atom is -0.368 e. The van der Waals surface area contributed by atoms with Gasteiger partial charge in [0.05, 0.1) is 0 Å². The van der Waals surface area contributed by atoms with Gasteiger partial charge in [0.25, 0.3) is 5.91 Å². The zero-order chi connectivity index (χ0) is 9.84. The highest BCUT2D eigenvalue weighted by molar-refractivity contribution is 5.94. The summed E-state index contributed by atoms with van der Waals surface area (Å²) >= 11 is 0. The SMILES string of the molecule is CC(NC(=O)c1ncn[nH]1)C(N)=O. The smallest absolute Gasteiger partial charge is 0.289 e. The van der Waals surface area contributed by atoms with E-state index in [0.717, 1.165) is 0 Å². The van der Waals surface area contributed by atoms with E-state index in [1.807, 2.05) is 0 Å². The fraction of sp³-hybridized carbons (Fsp3) is 0.333. The average molecular weight is 183 g/mol. The number of aromatic nitrogens is 3. The highest BCUT2D eigenvalue weighted by Gasteiger charge is 2.15. The van der Waals surface area contributed by atoms with Gasteiger partial charge in [0.2, 0.25) is 11.7 Å². The van der Waals surface area contributed by atoms with Gasteiger partial charge in [-0.3, -0.25) is 14.7 Å². The zero-order valence-electron chi connectivity index (χ0n) is 6.94. The molecule has 1 unspecified atom stereocenters. The van der Waals surface area contributed by atoms with Gasteiger partial charge in [-0.05, 0) is 6.92 Å². The maximum absolute atomic E-state index is 11.2. The van der Waals surface area contributed by atoms with E-state index in [9.17, 15) is 9.59 Å². The molecule has 7 heteroatoms. The minimum absolute atomic E-state index is 0.0492. The van der Waals surface area contributed by atoms with Crippen LogP contribution in [0.3, 0.4) is 0 Å². The molecule has 0 aliphatic rings. The van der Waals surface area contributed by atoms with E-state index in [0.29, 0.717) is 0 Å². The van der Waals surface area contributed by atoms with Crippen molar-refractivity contribution in [3.05, 3.63) is 12.2 Å². The first kappa shape index (κ1) is 9.17. The summed E-state index contributed by atoms with van der Waals surface area (Å²) in [6.45, 7) is 1.48. The van der Waals surface area contributed by atoms with Crippen molar-refractivity contribution in [2.75, 3.05) is 0 Å². The molecule has 0 saturated heterocycles. The van der Waals surface area contributed by atoms with Gasteiger partial charge in [-0.1, -0.05) is 0 Å². The van der Waals surface area contributed by atoms with Gasteiger partial charge in [0.15, 0.2) is 0 Å². The van der Waals surface area contributed by atoms with Crippen LogP contribution in [0.15, 0.2) is 6.33 Å². The number of carbonyl (C=O) groups excluding carboxylic acids is 2. The largest absolute Gasteiger partial charge is 0.368 e. The van der Waals surface area contributed by atoms with Crippen LogP contribution in [0, 0.1) is 0 Å². The van der Waals surface area contributed by atoms with Gasteiger partial charge in [-0.2, -0.15) is 5.10 Å². The van der Waals surface area contributed by atoms with Crippen LogP contribution in [0.5, 0.6) is 0 Å². The maximum atomic E-state index is 11.2. The molecule has 1 aromatic heterocycles. The standard InChI is InChI=1S/C6H9N5O2/c1-3(4(7)12)10-6(13)5-8-2-9-11-5/h2-3H,1H3,(H2,7,12)(H,10,13)(H,8,9,11). The second-order valence-electron chi connectivity index (χ2n) is 2.43. The fourth-order valence-corrected chi connectivity index (χ4v) is 0.651. The highest BCUT2D eigenvalue weighted by Crippen LogP contribution is 1.87. The molecule has 7 nitrogen and oxygen atoms in total. The quantitative estimate of drug-likeness (QED) is 0.524. The Morgan fingerprint density at radius 2 is 2.38 bits per heavy atom. The molecule has 0 aliphatic carbocycles. The lowest BCUT2D eigenvalue weighted by Gasteiger charge is -2.07. The molecule has 1 atom stereocenters. The lowest BCUT2D eigenvalue weighted by atomic mass is 10.3. The van der Waals surface area contributed by atoms with Crippen molar-refractivity contribution in [1.82, 2.24) is 20.5 Å². The van der Waals surface area contributed by atoms with Crippen molar-refractivity contribution in [2.24, 2.45) is 5.73 Å². The summed E-state index contributed by atoms with van der Waals surface area (Å²) in [5.74, 6) is -1.07. The lowest BCUT2D eigenvalue weighted by Crippen LogP contribution is -2.42. The zero-order valence-corrected chi connectivity index (χ0v) is 6.94. The number of carbonyl (C=O) groups is 2.